The summed E-state index contributed by atoms with van der Waals surface area (Å²) in [5.74, 6) is 1.14. The first-order valence-corrected chi connectivity index (χ1v) is 8.42. The molecular formula is C18H20N4O6. The van der Waals surface area contributed by atoms with Gasteiger partial charge in [-0.05, 0) is 43.2 Å². The van der Waals surface area contributed by atoms with Crippen molar-refractivity contribution >= 4 is 23.3 Å². The molecule has 0 spiro atoms. The maximum absolute atomic E-state index is 11.1. The van der Waals surface area contributed by atoms with Crippen LogP contribution in [0.25, 0.3) is 0 Å². The number of non-ortho nitro benzene ring substituents is 1. The monoisotopic (exact) mass is 388 g/mol. The second kappa shape index (κ2) is 9.31. The quantitative estimate of drug-likeness (QED) is 0.388. The van der Waals surface area contributed by atoms with E-state index in [0.29, 0.717) is 17.1 Å². The highest BCUT2D eigenvalue weighted by atomic mass is 16.6. The van der Waals surface area contributed by atoms with E-state index < -0.39 is 15.5 Å². The predicted octanol–water partition coefficient (Wildman–Crippen LogP) is 4.13. The van der Waals surface area contributed by atoms with Crippen LogP contribution >= 0.6 is 0 Å². The van der Waals surface area contributed by atoms with Crippen molar-refractivity contribution in [2.75, 3.05) is 12.5 Å². The maximum atomic E-state index is 11.1. The van der Waals surface area contributed by atoms with Crippen LogP contribution in [0.1, 0.15) is 25.8 Å². The van der Waals surface area contributed by atoms with Crippen molar-refractivity contribution in [3.63, 3.8) is 0 Å². The summed E-state index contributed by atoms with van der Waals surface area (Å²) in [4.78, 5) is 20.5. The fraction of sp³-hybridized carbons (Fsp3) is 0.278. The fourth-order valence-corrected chi connectivity index (χ4v) is 2.22. The molecule has 0 saturated carbocycles. The van der Waals surface area contributed by atoms with Gasteiger partial charge in [0.1, 0.15) is 5.69 Å². The van der Waals surface area contributed by atoms with E-state index in [1.807, 2.05) is 13.8 Å². The summed E-state index contributed by atoms with van der Waals surface area (Å²) in [6.45, 7) is 3.97. The summed E-state index contributed by atoms with van der Waals surface area (Å²) in [5.41, 5.74) is 2.43. The van der Waals surface area contributed by atoms with Crippen molar-refractivity contribution in [2.45, 2.75) is 26.4 Å². The van der Waals surface area contributed by atoms with Gasteiger partial charge in [0.2, 0.25) is 0 Å². The lowest BCUT2D eigenvalue weighted by atomic mass is 10.2. The summed E-state index contributed by atoms with van der Waals surface area (Å²) in [6, 6.07) is 8.50. The molecule has 0 amide bonds. The Labute approximate surface area is 161 Å². The van der Waals surface area contributed by atoms with E-state index in [2.05, 4.69) is 10.5 Å². The molecule has 0 aliphatic rings. The zero-order valence-corrected chi connectivity index (χ0v) is 15.6. The first-order chi connectivity index (χ1) is 13.3. The molecule has 28 heavy (non-hydrogen) atoms. The smallest absolute Gasteiger partial charge is 0.301 e. The highest BCUT2D eigenvalue weighted by Gasteiger charge is 2.19. The molecular weight excluding hydrogens is 368 g/mol. The molecule has 0 saturated heterocycles. The van der Waals surface area contributed by atoms with Crippen molar-refractivity contribution in [2.24, 2.45) is 5.10 Å². The second-order valence-electron chi connectivity index (χ2n) is 5.83. The van der Waals surface area contributed by atoms with E-state index >= 15 is 0 Å². The van der Waals surface area contributed by atoms with Crippen LogP contribution in [0.2, 0.25) is 0 Å². The van der Waals surface area contributed by atoms with E-state index in [1.54, 1.807) is 18.2 Å². The van der Waals surface area contributed by atoms with Crippen LogP contribution in [-0.2, 0) is 0 Å². The SMILES string of the molecule is CC[C@@H](C)Oc1ccc(C=NNc2ccc([N+](=O)[O-])cc2[N+](=O)[O-])cc1OC. The number of methoxy groups -OCH3 is 1. The molecule has 148 valence electrons. The number of benzene rings is 2. The topological polar surface area (TPSA) is 129 Å². The van der Waals surface area contributed by atoms with Crippen molar-refractivity contribution in [1.29, 1.82) is 0 Å². The van der Waals surface area contributed by atoms with Crippen LogP contribution in [-0.4, -0.2) is 29.3 Å². The lowest BCUT2D eigenvalue weighted by Crippen LogP contribution is -2.10. The van der Waals surface area contributed by atoms with Gasteiger partial charge in [-0.2, -0.15) is 5.10 Å². The molecule has 2 aromatic carbocycles. The summed E-state index contributed by atoms with van der Waals surface area (Å²) < 4.78 is 11.1. The lowest BCUT2D eigenvalue weighted by molar-refractivity contribution is -0.393. The number of ether oxygens (including phenoxy) is 2. The first kappa shape index (κ1) is 20.6. The van der Waals surface area contributed by atoms with E-state index in [-0.39, 0.29) is 17.5 Å². The minimum absolute atomic E-state index is 0.0375. The van der Waals surface area contributed by atoms with Crippen molar-refractivity contribution < 1.29 is 19.3 Å². The van der Waals surface area contributed by atoms with Crippen LogP contribution in [0.5, 0.6) is 11.5 Å². The van der Waals surface area contributed by atoms with E-state index in [4.69, 9.17) is 9.47 Å². The molecule has 2 aromatic rings. The standard InChI is InChI=1S/C18H20N4O6/c1-4-12(2)28-17-8-5-13(9-18(17)27-3)11-19-20-15-7-6-14(21(23)24)10-16(15)22(25)26/h5-12,20H,4H2,1-3H3/t12-/m1/s1. The maximum Gasteiger partial charge on any atom is 0.301 e. The Bertz CT molecular complexity index is 900. The third-order valence-corrected chi connectivity index (χ3v) is 3.88. The van der Waals surface area contributed by atoms with Gasteiger partial charge in [0.25, 0.3) is 5.69 Å². The number of hydrazone groups is 1. The lowest BCUT2D eigenvalue weighted by Gasteiger charge is -2.15. The Morgan fingerprint density at radius 2 is 1.89 bits per heavy atom. The molecule has 0 fully saturated rings. The molecule has 0 aromatic heterocycles. The third kappa shape index (κ3) is 5.16. The van der Waals surface area contributed by atoms with Crippen LogP contribution in [0.3, 0.4) is 0 Å². The average Bonchev–Trinajstić information content (AvgIpc) is 2.68. The number of hydrogen-bond donors (Lipinski definition) is 1. The van der Waals surface area contributed by atoms with Crippen molar-refractivity contribution in [3.8, 4) is 11.5 Å². The Morgan fingerprint density at radius 3 is 2.50 bits per heavy atom. The second-order valence-corrected chi connectivity index (χ2v) is 5.83. The molecule has 0 aliphatic heterocycles. The number of rotatable bonds is 9. The number of hydrogen-bond acceptors (Lipinski definition) is 8. The Kier molecular flexibility index (Phi) is 6.85. The van der Waals surface area contributed by atoms with Crippen molar-refractivity contribution in [1.82, 2.24) is 0 Å². The fourth-order valence-electron chi connectivity index (χ4n) is 2.22. The summed E-state index contributed by atoms with van der Waals surface area (Å²) in [6.07, 6.45) is 2.34. The van der Waals surface area contributed by atoms with Crippen molar-refractivity contribution in [3.05, 3.63) is 62.2 Å². The van der Waals surface area contributed by atoms with Gasteiger partial charge in [0.05, 0.1) is 35.3 Å². The molecule has 0 heterocycles. The van der Waals surface area contributed by atoms with Gasteiger partial charge in [0, 0.05) is 6.07 Å². The summed E-state index contributed by atoms with van der Waals surface area (Å²) >= 11 is 0. The van der Waals surface area contributed by atoms with Gasteiger partial charge in [-0.15, -0.1) is 0 Å². The van der Waals surface area contributed by atoms with E-state index in [0.717, 1.165) is 18.6 Å². The summed E-state index contributed by atoms with van der Waals surface area (Å²) in [5, 5.41) is 25.9. The van der Waals surface area contributed by atoms with Gasteiger partial charge in [-0.1, -0.05) is 6.92 Å². The summed E-state index contributed by atoms with van der Waals surface area (Å²) in [7, 11) is 1.53. The number of nitro groups is 2. The van der Waals surface area contributed by atoms with Gasteiger partial charge in [0.15, 0.2) is 11.5 Å². The van der Waals surface area contributed by atoms with Crippen LogP contribution in [0.15, 0.2) is 41.5 Å². The number of anilines is 1. The largest absolute Gasteiger partial charge is 0.493 e. The zero-order chi connectivity index (χ0) is 20.7. The zero-order valence-electron chi connectivity index (χ0n) is 15.6. The number of nitrogens with one attached hydrogen (secondary N) is 1. The molecule has 2 rings (SSSR count). The van der Waals surface area contributed by atoms with Crippen LogP contribution < -0.4 is 14.9 Å². The molecule has 0 aliphatic carbocycles. The Hall–Kier alpha value is -3.69. The number of nitrogens with zero attached hydrogens (tertiary/aromatic N) is 3. The first-order valence-electron chi connectivity index (χ1n) is 8.42. The predicted molar refractivity (Wildman–Crippen MR) is 104 cm³/mol. The van der Waals surface area contributed by atoms with E-state index in [9.17, 15) is 20.2 Å². The van der Waals surface area contributed by atoms with Gasteiger partial charge in [-0.25, -0.2) is 0 Å². The molecule has 10 heteroatoms. The molecule has 0 radical (unpaired) electrons. The number of nitro benzene ring substituents is 2. The molecule has 0 bridgehead atoms. The van der Waals surface area contributed by atoms with Gasteiger partial charge < -0.3 is 9.47 Å². The third-order valence-electron chi connectivity index (χ3n) is 3.88. The molecule has 10 nitrogen and oxygen atoms in total. The van der Waals surface area contributed by atoms with E-state index in [1.165, 1.54) is 19.4 Å². The minimum Gasteiger partial charge on any atom is -0.493 e. The van der Waals surface area contributed by atoms with Gasteiger partial charge >= 0.3 is 5.69 Å². The Balaban J connectivity index is 2.18. The van der Waals surface area contributed by atoms with Crippen LogP contribution in [0, 0.1) is 20.2 Å². The molecule has 1 N–H and O–H groups in total. The van der Waals surface area contributed by atoms with Crippen LogP contribution in [0.4, 0.5) is 17.1 Å². The molecule has 0 unspecified atom stereocenters. The Morgan fingerprint density at radius 1 is 1.14 bits per heavy atom. The highest BCUT2D eigenvalue weighted by Crippen LogP contribution is 2.30. The van der Waals surface area contributed by atoms with Gasteiger partial charge in [-0.3, -0.25) is 25.7 Å². The highest BCUT2D eigenvalue weighted by molar-refractivity contribution is 5.82. The normalized spacial score (nSPS) is 11.8. The molecule has 1 atom stereocenters. The minimum atomic E-state index is -0.713. The average molecular weight is 388 g/mol.